The number of amides is 1. The molecule has 1 aliphatic rings. The van der Waals surface area contributed by atoms with Crippen LogP contribution in [0, 0.1) is 0 Å². The van der Waals surface area contributed by atoms with Gasteiger partial charge in [-0.1, -0.05) is 61.4 Å². The van der Waals surface area contributed by atoms with Gasteiger partial charge < -0.3 is 24.6 Å². The summed E-state index contributed by atoms with van der Waals surface area (Å²) in [6.07, 6.45) is 5.31. The van der Waals surface area contributed by atoms with Crippen LogP contribution in [-0.2, 0) is 33.8 Å². The zero-order chi connectivity index (χ0) is 28.9. The van der Waals surface area contributed by atoms with Crippen molar-refractivity contribution >= 4 is 12.1 Å². The monoisotopic (exact) mass is 560 g/mol. The lowest BCUT2D eigenvalue weighted by Gasteiger charge is -2.33. The highest BCUT2D eigenvalue weighted by Crippen LogP contribution is 2.33. The zero-order valence-electron chi connectivity index (χ0n) is 24.4. The normalized spacial score (nSPS) is 14.7. The first kappa shape index (κ1) is 30.7. The van der Waals surface area contributed by atoms with Gasteiger partial charge in [-0.25, -0.2) is 0 Å². The first-order valence-electron chi connectivity index (χ1n) is 14.7. The lowest BCUT2D eigenvalue weighted by molar-refractivity contribution is -0.180. The predicted octanol–water partition coefficient (Wildman–Crippen LogP) is 6.26. The van der Waals surface area contributed by atoms with E-state index in [9.17, 15) is 9.90 Å². The molecule has 7 nitrogen and oxygen atoms in total. The van der Waals surface area contributed by atoms with Crippen molar-refractivity contribution in [1.29, 1.82) is 0 Å². The van der Waals surface area contributed by atoms with E-state index >= 15 is 0 Å². The molecule has 3 aromatic rings. The first-order chi connectivity index (χ1) is 19.9. The molecule has 0 saturated heterocycles. The Labute approximate surface area is 244 Å². The maximum atomic E-state index is 11.2. The van der Waals surface area contributed by atoms with Crippen LogP contribution in [0.1, 0.15) is 67.9 Å². The van der Waals surface area contributed by atoms with Crippen LogP contribution < -0.4 is 10.1 Å². The highest BCUT2D eigenvalue weighted by molar-refractivity contribution is 5.71. The van der Waals surface area contributed by atoms with E-state index in [2.05, 4.69) is 34.5 Å². The molecule has 0 spiro atoms. The molecule has 0 bridgehead atoms. The zero-order valence-corrected chi connectivity index (χ0v) is 24.4. The highest BCUT2D eigenvalue weighted by atomic mass is 16.7. The number of carbonyl (C=O) groups excluding carboxylic acids is 1. The lowest BCUT2D eigenvalue weighted by atomic mass is 10.0. The van der Waals surface area contributed by atoms with Gasteiger partial charge in [-0.15, -0.1) is 0 Å². The molecule has 0 fully saturated rings. The number of carbonyl (C=O) groups is 1. The minimum Gasteiger partial charge on any atom is -0.463 e. The molecule has 0 saturated carbocycles. The Bertz CT molecular complexity index is 1200. The van der Waals surface area contributed by atoms with Gasteiger partial charge in [0, 0.05) is 44.8 Å². The van der Waals surface area contributed by atoms with Crippen LogP contribution in [0.25, 0.3) is 0 Å². The van der Waals surface area contributed by atoms with Crippen molar-refractivity contribution in [3.05, 3.63) is 95.1 Å². The Morgan fingerprint density at radius 1 is 0.976 bits per heavy atom. The number of aliphatic hydroxyl groups excluding tert-OH is 1. The summed E-state index contributed by atoms with van der Waals surface area (Å²) in [5.74, 6) is 0.194. The largest absolute Gasteiger partial charge is 0.463 e. The SMILES string of the molecule is CC1(C)OCc2cc(C(O)CN(CCCCCCOCCc3ccc(NC=O)cc3)Cc3ccccc3)ccc2O1. The molecular formula is C34H44N2O5. The number of benzene rings is 3. The molecule has 1 heterocycles. The van der Waals surface area contributed by atoms with Crippen LogP contribution in [0.2, 0.25) is 0 Å². The summed E-state index contributed by atoms with van der Waals surface area (Å²) in [6, 6.07) is 24.2. The molecule has 1 atom stereocenters. The van der Waals surface area contributed by atoms with Crippen LogP contribution in [0.15, 0.2) is 72.8 Å². The number of fused-ring (bicyclic) bond motifs is 1. The third-order valence-corrected chi connectivity index (χ3v) is 7.31. The van der Waals surface area contributed by atoms with Gasteiger partial charge in [-0.05, 0) is 66.8 Å². The number of rotatable bonds is 17. The van der Waals surface area contributed by atoms with Crippen molar-refractivity contribution in [2.24, 2.45) is 0 Å². The molecule has 1 unspecified atom stereocenters. The van der Waals surface area contributed by atoms with Gasteiger partial charge in [-0.2, -0.15) is 0 Å². The average molecular weight is 561 g/mol. The number of unbranched alkanes of at least 4 members (excludes halogenated alkanes) is 3. The molecule has 1 aliphatic heterocycles. The minimum atomic E-state index is -0.629. The van der Waals surface area contributed by atoms with E-state index in [-0.39, 0.29) is 0 Å². The van der Waals surface area contributed by atoms with Crippen LogP contribution >= 0.6 is 0 Å². The Morgan fingerprint density at radius 2 is 1.76 bits per heavy atom. The van der Waals surface area contributed by atoms with Gasteiger partial charge in [0.2, 0.25) is 12.2 Å². The molecule has 220 valence electrons. The van der Waals surface area contributed by atoms with E-state index in [0.717, 1.165) is 74.4 Å². The third kappa shape index (κ3) is 10.3. The van der Waals surface area contributed by atoms with Crippen molar-refractivity contribution in [2.45, 2.75) is 71.0 Å². The van der Waals surface area contributed by atoms with Crippen molar-refractivity contribution in [3.63, 3.8) is 0 Å². The molecular weight excluding hydrogens is 516 g/mol. The molecule has 0 aromatic heterocycles. The second-order valence-corrected chi connectivity index (χ2v) is 11.1. The molecule has 41 heavy (non-hydrogen) atoms. The summed E-state index contributed by atoms with van der Waals surface area (Å²) in [6.45, 7) is 8.05. The molecule has 1 amide bonds. The summed E-state index contributed by atoms with van der Waals surface area (Å²) in [7, 11) is 0. The van der Waals surface area contributed by atoms with Crippen LogP contribution in [0.4, 0.5) is 5.69 Å². The standard InChI is InChI=1S/C34H44N2O5/c1-34(2)40-25-30-22-29(14-17-33(30)41-34)32(38)24-36(23-28-10-6-5-7-11-28)19-8-3-4-9-20-39-21-18-27-12-15-31(16-13-27)35-26-37/h5-7,10-17,22,26,32,38H,3-4,8-9,18-21,23-25H2,1-2H3,(H,35,37). The van der Waals surface area contributed by atoms with Gasteiger partial charge in [0.25, 0.3) is 0 Å². The Morgan fingerprint density at radius 3 is 2.54 bits per heavy atom. The van der Waals surface area contributed by atoms with E-state index in [1.165, 1.54) is 11.1 Å². The third-order valence-electron chi connectivity index (χ3n) is 7.31. The number of hydrogen-bond donors (Lipinski definition) is 2. The van der Waals surface area contributed by atoms with E-state index in [1.54, 1.807) is 0 Å². The maximum Gasteiger partial charge on any atom is 0.211 e. The minimum absolute atomic E-state index is 0.480. The molecule has 0 radical (unpaired) electrons. The molecule has 0 aliphatic carbocycles. The number of aliphatic hydroxyl groups is 1. The van der Waals surface area contributed by atoms with Gasteiger partial charge in [0.15, 0.2) is 0 Å². The lowest BCUT2D eigenvalue weighted by Crippen LogP contribution is -2.35. The quantitative estimate of drug-likeness (QED) is 0.150. The van der Waals surface area contributed by atoms with Crippen molar-refractivity contribution in [3.8, 4) is 5.75 Å². The Hall–Kier alpha value is -3.23. The fraction of sp³-hybridized carbons (Fsp3) is 0.441. The second-order valence-electron chi connectivity index (χ2n) is 11.1. The van der Waals surface area contributed by atoms with E-state index in [1.807, 2.05) is 62.4 Å². The number of nitrogens with one attached hydrogen (secondary N) is 1. The molecule has 3 aromatic carbocycles. The Kier molecular flexibility index (Phi) is 11.8. The summed E-state index contributed by atoms with van der Waals surface area (Å²) in [5, 5.41) is 13.8. The van der Waals surface area contributed by atoms with E-state index in [0.29, 0.717) is 26.2 Å². The van der Waals surface area contributed by atoms with Crippen molar-refractivity contribution in [2.75, 3.05) is 31.6 Å². The summed E-state index contributed by atoms with van der Waals surface area (Å²) >= 11 is 0. The summed E-state index contributed by atoms with van der Waals surface area (Å²) in [5.41, 5.74) is 5.11. The molecule has 7 heteroatoms. The number of hydrogen-bond acceptors (Lipinski definition) is 6. The van der Waals surface area contributed by atoms with Gasteiger partial charge >= 0.3 is 0 Å². The van der Waals surface area contributed by atoms with Crippen molar-refractivity contribution in [1.82, 2.24) is 4.90 Å². The molecule has 2 N–H and O–H groups in total. The van der Waals surface area contributed by atoms with Gasteiger partial charge in [0.05, 0.1) is 19.3 Å². The summed E-state index contributed by atoms with van der Waals surface area (Å²) < 4.78 is 17.5. The average Bonchev–Trinajstić information content (AvgIpc) is 2.97. The fourth-order valence-electron chi connectivity index (χ4n) is 5.01. The second kappa shape index (κ2) is 15.7. The van der Waals surface area contributed by atoms with Gasteiger partial charge in [-0.3, -0.25) is 9.69 Å². The first-order valence-corrected chi connectivity index (χ1v) is 14.7. The van der Waals surface area contributed by atoms with Crippen LogP contribution in [0.5, 0.6) is 5.75 Å². The van der Waals surface area contributed by atoms with Crippen molar-refractivity contribution < 1.29 is 24.1 Å². The Balaban J connectivity index is 1.18. The van der Waals surface area contributed by atoms with Crippen LogP contribution in [0.3, 0.4) is 0 Å². The number of nitrogens with zero attached hydrogens (tertiary/aromatic N) is 1. The molecule has 4 rings (SSSR count). The van der Waals surface area contributed by atoms with Gasteiger partial charge in [0.1, 0.15) is 5.75 Å². The van der Waals surface area contributed by atoms with E-state index in [4.69, 9.17) is 14.2 Å². The fourth-order valence-corrected chi connectivity index (χ4v) is 5.01. The summed E-state index contributed by atoms with van der Waals surface area (Å²) in [4.78, 5) is 12.9. The maximum absolute atomic E-state index is 11.2. The van der Waals surface area contributed by atoms with Crippen LogP contribution in [-0.4, -0.2) is 48.5 Å². The number of anilines is 1. The topological polar surface area (TPSA) is 80.3 Å². The highest BCUT2D eigenvalue weighted by Gasteiger charge is 2.28. The smallest absolute Gasteiger partial charge is 0.211 e. The van der Waals surface area contributed by atoms with E-state index < -0.39 is 11.9 Å². The predicted molar refractivity (Wildman–Crippen MR) is 162 cm³/mol. The number of ether oxygens (including phenoxy) is 3.